The van der Waals surface area contributed by atoms with E-state index >= 15 is 0 Å². The summed E-state index contributed by atoms with van der Waals surface area (Å²) in [4.78, 5) is 0. The molecule has 190 valence electrons. The lowest BCUT2D eigenvalue weighted by Crippen LogP contribution is -2.17. The lowest BCUT2D eigenvalue weighted by molar-refractivity contribution is 0.125. The van der Waals surface area contributed by atoms with Crippen LogP contribution in [0.2, 0.25) is 0 Å². The predicted molar refractivity (Wildman–Crippen MR) is 136 cm³/mol. The molecule has 0 spiro atoms. The van der Waals surface area contributed by atoms with Crippen LogP contribution in [0.3, 0.4) is 0 Å². The number of hydrogen-bond donors (Lipinski definition) is 1. The van der Waals surface area contributed by atoms with Crippen molar-refractivity contribution in [3.63, 3.8) is 0 Å². The molecule has 0 bridgehead atoms. The fraction of sp³-hybridized carbons (Fsp3) is 0.667. The zero-order valence-electron chi connectivity index (χ0n) is 21.9. The molecule has 0 aliphatic carbocycles. The Hall–Kier alpha value is -0.940. The van der Waals surface area contributed by atoms with E-state index in [0.29, 0.717) is 32.2 Å². The first kappa shape index (κ1) is 30.1. The van der Waals surface area contributed by atoms with Gasteiger partial charge in [-0.05, 0) is 56.2 Å². The largest absolute Gasteiger partial charge is 0.507 e. The minimum absolute atomic E-state index is 0.182. The van der Waals surface area contributed by atoms with Gasteiger partial charge >= 0.3 is 17.2 Å². The van der Waals surface area contributed by atoms with Gasteiger partial charge in [-0.25, -0.2) is 0 Å². The molecule has 0 radical (unpaired) electrons. The third-order valence-corrected chi connectivity index (χ3v) is 6.83. The maximum Gasteiger partial charge on any atom is 0.399 e. The van der Waals surface area contributed by atoms with Crippen LogP contribution in [-0.2, 0) is 38.0 Å². The maximum atomic E-state index is 11.0. The molecule has 0 saturated heterocycles. The van der Waals surface area contributed by atoms with Crippen LogP contribution in [0.1, 0.15) is 85.9 Å². The van der Waals surface area contributed by atoms with Crippen LogP contribution >= 0.6 is 17.2 Å². The molecule has 0 aliphatic heterocycles. The third kappa shape index (κ3) is 10.1. The first-order valence-corrected chi connectivity index (χ1v) is 13.6. The van der Waals surface area contributed by atoms with E-state index in [1.165, 1.54) is 0 Å². The lowest BCUT2D eigenvalue weighted by Gasteiger charge is -2.28. The molecule has 0 aliphatic rings. The summed E-state index contributed by atoms with van der Waals surface area (Å²) < 4.78 is 34.4. The van der Waals surface area contributed by atoms with Crippen molar-refractivity contribution >= 4 is 23.3 Å². The SMILES string of the molecule is CCOP(OCC)OC(=Cc1cc(C(C)(C)C)c(O)c(C(C)(C)C)c1)OP(OCC)OCC. The smallest absolute Gasteiger partial charge is 0.399 e. The standard InChI is InChI=1S/C24H42O7P2/c1-11-26-32(27-12-2)30-21(31-33(28-13-3)29-14-4)17-18-15-19(23(5,6)7)22(25)20(16-18)24(8,9)10/h15-17,25H,11-14H2,1-10H3. The monoisotopic (exact) mass is 504 g/mol. The average Bonchev–Trinajstić information content (AvgIpc) is 2.68. The summed E-state index contributed by atoms with van der Waals surface area (Å²) in [6.07, 6.45) is 1.77. The summed E-state index contributed by atoms with van der Waals surface area (Å²) in [5.41, 5.74) is 1.98. The molecule has 33 heavy (non-hydrogen) atoms. The van der Waals surface area contributed by atoms with Crippen molar-refractivity contribution in [1.82, 2.24) is 0 Å². The molecule has 1 aromatic rings. The van der Waals surface area contributed by atoms with E-state index in [-0.39, 0.29) is 16.8 Å². The van der Waals surface area contributed by atoms with E-state index in [4.69, 9.17) is 27.1 Å². The summed E-state index contributed by atoms with van der Waals surface area (Å²) in [6.45, 7) is 21.7. The second-order valence-electron chi connectivity index (χ2n) is 9.23. The molecule has 0 heterocycles. The number of benzene rings is 1. The molecule has 0 atom stereocenters. The molecule has 1 N–H and O–H groups in total. The Kier molecular flexibility index (Phi) is 12.6. The van der Waals surface area contributed by atoms with E-state index in [9.17, 15) is 5.11 Å². The van der Waals surface area contributed by atoms with Gasteiger partial charge in [0.15, 0.2) is 0 Å². The summed E-state index contributed by atoms with van der Waals surface area (Å²) in [5, 5.41) is 11.0. The molecule has 0 amide bonds. The van der Waals surface area contributed by atoms with Gasteiger partial charge in [0.05, 0.1) is 26.4 Å². The Morgan fingerprint density at radius 1 is 0.727 bits per heavy atom. The first-order chi connectivity index (χ1) is 15.4. The normalized spacial score (nSPS) is 12.4. The van der Waals surface area contributed by atoms with E-state index in [1.54, 1.807) is 6.08 Å². The predicted octanol–water partition coefficient (Wildman–Crippen LogP) is 7.92. The van der Waals surface area contributed by atoms with Crippen LogP contribution in [0.25, 0.3) is 6.08 Å². The van der Waals surface area contributed by atoms with Crippen molar-refractivity contribution in [2.45, 2.75) is 80.1 Å². The van der Waals surface area contributed by atoms with Crippen LogP contribution in [0.15, 0.2) is 18.1 Å². The van der Waals surface area contributed by atoms with Crippen molar-refractivity contribution in [3.8, 4) is 5.75 Å². The Morgan fingerprint density at radius 3 is 1.33 bits per heavy atom. The fourth-order valence-corrected chi connectivity index (χ4v) is 4.57. The topological polar surface area (TPSA) is 75.6 Å². The first-order valence-electron chi connectivity index (χ1n) is 11.4. The van der Waals surface area contributed by atoms with E-state index < -0.39 is 17.2 Å². The Balaban J connectivity index is 3.57. The Morgan fingerprint density at radius 2 is 1.06 bits per heavy atom. The highest BCUT2D eigenvalue weighted by atomic mass is 31.2. The zero-order chi connectivity index (χ0) is 25.2. The lowest BCUT2D eigenvalue weighted by atomic mass is 9.78. The number of rotatable bonds is 13. The van der Waals surface area contributed by atoms with Crippen molar-refractivity contribution in [2.24, 2.45) is 0 Å². The van der Waals surface area contributed by atoms with Gasteiger partial charge in [-0.2, -0.15) is 0 Å². The van der Waals surface area contributed by atoms with Crippen LogP contribution in [0, 0.1) is 0 Å². The number of phenols is 1. The quantitative estimate of drug-likeness (QED) is 0.216. The number of aromatic hydroxyl groups is 1. The second kappa shape index (κ2) is 13.8. The highest BCUT2D eigenvalue weighted by molar-refractivity contribution is 7.42. The summed E-state index contributed by atoms with van der Waals surface area (Å²) >= 11 is 0. The van der Waals surface area contributed by atoms with Crippen LogP contribution in [0.5, 0.6) is 5.75 Å². The van der Waals surface area contributed by atoms with E-state index in [1.807, 2.05) is 39.8 Å². The minimum atomic E-state index is -1.66. The van der Waals surface area contributed by atoms with Gasteiger partial charge in [0.25, 0.3) is 5.95 Å². The third-order valence-electron chi connectivity index (χ3n) is 4.30. The second-order valence-corrected chi connectivity index (χ2v) is 11.5. The van der Waals surface area contributed by atoms with Gasteiger partial charge < -0.3 is 32.2 Å². The Labute approximate surface area is 202 Å². The average molecular weight is 505 g/mol. The highest BCUT2D eigenvalue weighted by Crippen LogP contribution is 2.49. The molecule has 9 heteroatoms. The Bertz CT molecular complexity index is 687. The number of phenolic OH excluding ortho intramolecular Hbond substituents is 1. The summed E-state index contributed by atoms with van der Waals surface area (Å²) in [7, 11) is -3.31. The van der Waals surface area contributed by atoms with E-state index in [0.717, 1.165) is 16.7 Å². The van der Waals surface area contributed by atoms with Gasteiger partial charge in [-0.1, -0.05) is 41.5 Å². The molecule has 1 rings (SSSR count). The van der Waals surface area contributed by atoms with Crippen molar-refractivity contribution in [2.75, 3.05) is 26.4 Å². The maximum absolute atomic E-state index is 11.0. The molecule has 0 fully saturated rings. The van der Waals surface area contributed by atoms with Crippen molar-refractivity contribution in [3.05, 3.63) is 34.8 Å². The van der Waals surface area contributed by atoms with Crippen molar-refractivity contribution in [1.29, 1.82) is 0 Å². The summed E-state index contributed by atoms with van der Waals surface area (Å²) in [6, 6.07) is 3.90. The van der Waals surface area contributed by atoms with E-state index in [2.05, 4.69) is 41.5 Å². The highest BCUT2D eigenvalue weighted by Gasteiger charge is 2.27. The van der Waals surface area contributed by atoms with Gasteiger partial charge in [0.2, 0.25) is 0 Å². The molecular weight excluding hydrogens is 462 g/mol. The van der Waals surface area contributed by atoms with Gasteiger partial charge in [0, 0.05) is 17.2 Å². The van der Waals surface area contributed by atoms with Gasteiger partial charge in [-0.3, -0.25) is 0 Å². The molecule has 1 aromatic carbocycles. The van der Waals surface area contributed by atoms with Crippen LogP contribution < -0.4 is 0 Å². The molecule has 0 saturated carbocycles. The minimum Gasteiger partial charge on any atom is -0.507 e. The van der Waals surface area contributed by atoms with Crippen LogP contribution in [-0.4, -0.2) is 31.5 Å². The number of hydrogen-bond acceptors (Lipinski definition) is 7. The molecule has 7 nitrogen and oxygen atoms in total. The van der Waals surface area contributed by atoms with Gasteiger partial charge in [-0.15, -0.1) is 0 Å². The molecule has 0 unspecified atom stereocenters. The molecule has 0 aromatic heterocycles. The van der Waals surface area contributed by atoms with Crippen molar-refractivity contribution < 1.29 is 32.2 Å². The van der Waals surface area contributed by atoms with Crippen LogP contribution in [0.4, 0.5) is 0 Å². The molecular formula is C24H42O7P2. The summed E-state index contributed by atoms with van der Waals surface area (Å²) in [5.74, 6) is 0.494. The zero-order valence-corrected chi connectivity index (χ0v) is 23.6. The fourth-order valence-electron chi connectivity index (χ4n) is 2.84. The van der Waals surface area contributed by atoms with Gasteiger partial charge in [0.1, 0.15) is 5.75 Å².